The molecule has 0 amide bonds. The Morgan fingerprint density at radius 2 is 2.17 bits per heavy atom. The van der Waals surface area contributed by atoms with Crippen LogP contribution in [0.2, 0.25) is 5.02 Å². The van der Waals surface area contributed by atoms with Gasteiger partial charge in [-0.1, -0.05) is 25.4 Å². The summed E-state index contributed by atoms with van der Waals surface area (Å²) >= 11 is 10.0. The largest absolute Gasteiger partial charge is 0.444 e. The van der Waals surface area contributed by atoms with Crippen LogP contribution < -0.4 is 4.74 Å². The van der Waals surface area contributed by atoms with Gasteiger partial charge in [-0.2, -0.15) is 4.37 Å². The molecule has 2 aromatic rings. The second kappa shape index (κ2) is 8.49. The van der Waals surface area contributed by atoms with Crippen molar-refractivity contribution in [3.63, 3.8) is 0 Å². The van der Waals surface area contributed by atoms with E-state index in [-0.39, 0.29) is 0 Å². The number of benzene rings is 1. The summed E-state index contributed by atoms with van der Waals surface area (Å²) in [4.78, 5) is 6.42. The van der Waals surface area contributed by atoms with Gasteiger partial charge >= 0.3 is 0 Å². The molecule has 0 N–H and O–H groups in total. The fourth-order valence-electron chi connectivity index (χ4n) is 1.90. The molecule has 0 saturated heterocycles. The van der Waals surface area contributed by atoms with Gasteiger partial charge in [-0.05, 0) is 54.0 Å². The second-order valence-electron chi connectivity index (χ2n) is 5.81. The second-order valence-corrected chi connectivity index (χ2v) is 8.03. The van der Waals surface area contributed by atoms with Crippen LogP contribution in [0.4, 0.5) is 5.69 Å². The lowest BCUT2D eigenvalue weighted by Gasteiger charge is -2.11. The maximum atomic E-state index is 6.36. The zero-order valence-electron chi connectivity index (χ0n) is 14.4. The molecule has 1 aromatic heterocycles. The summed E-state index contributed by atoms with van der Waals surface area (Å²) in [6.45, 7) is 9.21. The van der Waals surface area contributed by atoms with Gasteiger partial charge < -0.3 is 9.64 Å². The SMILES string of the molecule is CCN(C)C=Nc1cc(C)c(Oc2snc(C(C)C)c2I)cc1Cl. The molecule has 0 unspecified atom stereocenters. The molecule has 4 nitrogen and oxygen atoms in total. The molecule has 24 heavy (non-hydrogen) atoms. The van der Waals surface area contributed by atoms with Gasteiger partial charge in [0, 0.05) is 31.2 Å². The summed E-state index contributed by atoms with van der Waals surface area (Å²) in [5.74, 6) is 1.11. The summed E-state index contributed by atoms with van der Waals surface area (Å²) in [7, 11) is 1.97. The Morgan fingerprint density at radius 1 is 1.46 bits per heavy atom. The van der Waals surface area contributed by atoms with Gasteiger partial charge in [0.15, 0.2) is 0 Å². The number of hydrogen-bond donors (Lipinski definition) is 0. The van der Waals surface area contributed by atoms with E-state index in [1.54, 1.807) is 6.34 Å². The predicted molar refractivity (Wildman–Crippen MR) is 112 cm³/mol. The summed E-state index contributed by atoms with van der Waals surface area (Å²) in [5, 5.41) is 1.38. The van der Waals surface area contributed by atoms with Crippen molar-refractivity contribution in [3.05, 3.63) is 32.0 Å². The van der Waals surface area contributed by atoms with Gasteiger partial charge in [0.1, 0.15) is 5.75 Å². The molecule has 0 aliphatic carbocycles. The number of aromatic nitrogens is 1. The highest BCUT2D eigenvalue weighted by Crippen LogP contribution is 2.39. The van der Waals surface area contributed by atoms with Gasteiger partial charge in [0.25, 0.3) is 0 Å². The predicted octanol–water partition coefficient (Wildman–Crippen LogP) is 6.24. The molecule has 0 atom stereocenters. The normalized spacial score (nSPS) is 11.5. The number of nitrogens with zero attached hydrogens (tertiary/aromatic N) is 3. The Kier molecular flexibility index (Phi) is 6.88. The third kappa shape index (κ3) is 4.61. The summed E-state index contributed by atoms with van der Waals surface area (Å²) in [6, 6.07) is 3.76. The van der Waals surface area contributed by atoms with Crippen LogP contribution >= 0.6 is 45.7 Å². The molecular formula is C17H21ClIN3OS. The van der Waals surface area contributed by atoms with Gasteiger partial charge in [-0.15, -0.1) is 0 Å². The number of halogens is 2. The van der Waals surface area contributed by atoms with Crippen LogP contribution in [0.1, 0.15) is 37.9 Å². The Bertz CT molecular complexity index is 746. The molecule has 1 aromatic carbocycles. The number of hydrogen-bond acceptors (Lipinski definition) is 4. The first-order valence-corrected chi connectivity index (χ1v) is 9.94. The maximum Gasteiger partial charge on any atom is 0.213 e. The van der Waals surface area contributed by atoms with Gasteiger partial charge in [-0.25, -0.2) is 4.99 Å². The molecule has 0 aliphatic rings. The lowest BCUT2D eigenvalue weighted by atomic mass is 10.1. The van der Waals surface area contributed by atoms with Crippen molar-refractivity contribution in [2.45, 2.75) is 33.6 Å². The summed E-state index contributed by atoms with van der Waals surface area (Å²) in [6.07, 6.45) is 1.78. The van der Waals surface area contributed by atoms with Crippen LogP contribution in [0.15, 0.2) is 17.1 Å². The fraction of sp³-hybridized carbons (Fsp3) is 0.412. The lowest BCUT2D eigenvalue weighted by Crippen LogP contribution is -2.14. The maximum absolute atomic E-state index is 6.36. The molecule has 1 heterocycles. The number of aryl methyl sites for hydroxylation is 1. The number of ether oxygens (including phenoxy) is 1. The molecule has 0 radical (unpaired) electrons. The van der Waals surface area contributed by atoms with Crippen molar-refractivity contribution in [2.24, 2.45) is 4.99 Å². The van der Waals surface area contributed by atoms with Crippen molar-refractivity contribution in [1.82, 2.24) is 9.27 Å². The van der Waals surface area contributed by atoms with E-state index < -0.39 is 0 Å². The van der Waals surface area contributed by atoms with Gasteiger partial charge in [0.05, 0.1) is 26.3 Å². The molecule has 0 fully saturated rings. The minimum atomic E-state index is 0.377. The van der Waals surface area contributed by atoms with Gasteiger partial charge in [0.2, 0.25) is 5.06 Å². The highest BCUT2D eigenvalue weighted by Gasteiger charge is 2.17. The van der Waals surface area contributed by atoms with Crippen molar-refractivity contribution < 1.29 is 4.74 Å². The minimum absolute atomic E-state index is 0.377. The highest BCUT2D eigenvalue weighted by molar-refractivity contribution is 14.1. The van der Waals surface area contributed by atoms with Crippen molar-refractivity contribution in [1.29, 1.82) is 0 Å². The Hall–Kier alpha value is -0.860. The third-order valence-electron chi connectivity index (χ3n) is 3.52. The summed E-state index contributed by atoms with van der Waals surface area (Å²) in [5.41, 5.74) is 2.80. The van der Waals surface area contributed by atoms with E-state index >= 15 is 0 Å². The van der Waals surface area contributed by atoms with Crippen LogP contribution in [0.3, 0.4) is 0 Å². The van der Waals surface area contributed by atoms with Crippen molar-refractivity contribution in [3.8, 4) is 10.8 Å². The third-order valence-corrected chi connectivity index (χ3v) is 5.97. The Morgan fingerprint density at radius 3 is 2.75 bits per heavy atom. The monoisotopic (exact) mass is 477 g/mol. The van der Waals surface area contributed by atoms with E-state index in [0.29, 0.717) is 10.9 Å². The average Bonchev–Trinajstić information content (AvgIpc) is 2.90. The topological polar surface area (TPSA) is 37.7 Å². The smallest absolute Gasteiger partial charge is 0.213 e. The van der Waals surface area contributed by atoms with E-state index in [1.165, 1.54) is 11.5 Å². The standard InChI is InChI=1S/C17H21ClIN3OS/c1-6-22(5)9-20-13-7-11(4)14(8-12(13)18)23-17-15(19)16(10(2)3)21-24-17/h7-10H,6H2,1-5H3. The molecule has 0 spiro atoms. The quantitative estimate of drug-likeness (QED) is 0.281. The molecule has 130 valence electrons. The minimum Gasteiger partial charge on any atom is -0.444 e. The van der Waals surface area contributed by atoms with Crippen LogP contribution in [0, 0.1) is 10.5 Å². The Labute approximate surface area is 166 Å². The summed E-state index contributed by atoms with van der Waals surface area (Å²) < 4.78 is 11.6. The van der Waals surface area contributed by atoms with Crippen LogP contribution in [0.25, 0.3) is 0 Å². The zero-order valence-corrected chi connectivity index (χ0v) is 18.2. The number of rotatable bonds is 6. The molecule has 0 bridgehead atoms. The van der Waals surface area contributed by atoms with Gasteiger partial charge in [-0.3, -0.25) is 0 Å². The first-order chi connectivity index (χ1) is 11.3. The molecule has 7 heteroatoms. The van der Waals surface area contributed by atoms with Crippen molar-refractivity contribution >= 4 is 57.8 Å². The first-order valence-electron chi connectivity index (χ1n) is 7.71. The molecule has 2 rings (SSSR count). The zero-order chi connectivity index (χ0) is 17.9. The van der Waals surface area contributed by atoms with Crippen LogP contribution in [0.5, 0.6) is 10.8 Å². The molecular weight excluding hydrogens is 457 g/mol. The van der Waals surface area contributed by atoms with E-state index in [1.807, 2.05) is 31.0 Å². The van der Waals surface area contributed by atoms with Crippen molar-refractivity contribution in [2.75, 3.05) is 13.6 Å². The lowest BCUT2D eigenvalue weighted by molar-refractivity contribution is 0.489. The van der Waals surface area contributed by atoms with E-state index in [2.05, 4.69) is 52.7 Å². The van der Waals surface area contributed by atoms with E-state index in [4.69, 9.17) is 16.3 Å². The molecule has 0 saturated carbocycles. The van der Waals surface area contributed by atoms with Crippen LogP contribution in [-0.4, -0.2) is 29.2 Å². The Balaban J connectivity index is 2.26. The molecule has 0 aliphatic heterocycles. The average molecular weight is 478 g/mol. The van der Waals surface area contributed by atoms with E-state index in [0.717, 1.165) is 37.9 Å². The first kappa shape index (κ1) is 19.5. The van der Waals surface area contributed by atoms with E-state index in [9.17, 15) is 0 Å². The number of aliphatic imine (C=N–C) groups is 1. The highest BCUT2D eigenvalue weighted by atomic mass is 127. The van der Waals surface area contributed by atoms with Crippen LogP contribution in [-0.2, 0) is 0 Å². The fourth-order valence-corrected chi connectivity index (χ4v) is 4.21.